The van der Waals surface area contributed by atoms with E-state index in [2.05, 4.69) is 11.9 Å². The molecule has 0 fully saturated rings. The van der Waals surface area contributed by atoms with Gasteiger partial charge in [0.1, 0.15) is 17.9 Å². The number of halogens is 2. The van der Waals surface area contributed by atoms with E-state index in [4.69, 9.17) is 33.7 Å². The van der Waals surface area contributed by atoms with Gasteiger partial charge in [-0.15, -0.1) is 0 Å². The van der Waals surface area contributed by atoms with E-state index >= 15 is 0 Å². The molecule has 1 aromatic heterocycles. The van der Waals surface area contributed by atoms with Crippen LogP contribution in [0.2, 0.25) is 10.0 Å². The van der Waals surface area contributed by atoms with Gasteiger partial charge in [0.25, 0.3) is 0 Å². The number of fused-ring (bicyclic) bond motifs is 1. The van der Waals surface area contributed by atoms with Crippen LogP contribution in [-0.2, 0) is 6.61 Å². The SMILES string of the molecule is Cc1ccc2cccc(OCc3c(Cl)ccc(C(C)CCN)c3Cl)c2n1. The molecule has 1 atom stereocenters. The first kappa shape index (κ1) is 19.0. The molecule has 136 valence electrons. The number of benzene rings is 2. The Morgan fingerprint density at radius 2 is 1.92 bits per heavy atom. The second-order valence-electron chi connectivity index (χ2n) is 6.48. The van der Waals surface area contributed by atoms with E-state index in [9.17, 15) is 0 Å². The number of aryl methyl sites for hydroxylation is 1. The predicted molar refractivity (Wildman–Crippen MR) is 109 cm³/mol. The summed E-state index contributed by atoms with van der Waals surface area (Å²) >= 11 is 13.0. The molecular formula is C21H22Cl2N2O. The maximum atomic E-state index is 6.63. The van der Waals surface area contributed by atoms with Crippen LogP contribution in [0, 0.1) is 6.92 Å². The van der Waals surface area contributed by atoms with Gasteiger partial charge in [0.05, 0.1) is 5.02 Å². The molecule has 0 amide bonds. The van der Waals surface area contributed by atoms with Crippen molar-refractivity contribution in [3.05, 3.63) is 69.3 Å². The number of para-hydroxylation sites is 1. The maximum Gasteiger partial charge on any atom is 0.146 e. The van der Waals surface area contributed by atoms with Crippen molar-refractivity contribution in [1.29, 1.82) is 0 Å². The summed E-state index contributed by atoms with van der Waals surface area (Å²) in [5.74, 6) is 0.990. The highest BCUT2D eigenvalue weighted by atomic mass is 35.5. The minimum absolute atomic E-state index is 0.269. The zero-order valence-corrected chi connectivity index (χ0v) is 16.4. The number of aromatic nitrogens is 1. The Kier molecular flexibility index (Phi) is 6.02. The van der Waals surface area contributed by atoms with Crippen molar-refractivity contribution < 1.29 is 4.74 Å². The van der Waals surface area contributed by atoms with Crippen molar-refractivity contribution in [3.8, 4) is 5.75 Å². The molecule has 2 aromatic carbocycles. The van der Waals surface area contributed by atoms with Crippen LogP contribution in [0.1, 0.15) is 36.1 Å². The molecule has 26 heavy (non-hydrogen) atoms. The van der Waals surface area contributed by atoms with Crippen LogP contribution < -0.4 is 10.5 Å². The normalized spacial score (nSPS) is 12.3. The highest BCUT2D eigenvalue weighted by molar-refractivity contribution is 6.36. The number of nitrogens with zero attached hydrogens (tertiary/aromatic N) is 1. The van der Waals surface area contributed by atoms with Crippen LogP contribution in [0.3, 0.4) is 0 Å². The van der Waals surface area contributed by atoms with E-state index in [1.165, 1.54) is 0 Å². The van der Waals surface area contributed by atoms with Gasteiger partial charge in [0.2, 0.25) is 0 Å². The fourth-order valence-corrected chi connectivity index (χ4v) is 3.68. The lowest BCUT2D eigenvalue weighted by molar-refractivity contribution is 0.309. The Morgan fingerprint density at radius 3 is 2.69 bits per heavy atom. The minimum Gasteiger partial charge on any atom is -0.487 e. The van der Waals surface area contributed by atoms with Crippen molar-refractivity contribution in [3.63, 3.8) is 0 Å². The predicted octanol–water partition coefficient (Wildman–Crippen LogP) is 5.88. The lowest BCUT2D eigenvalue weighted by Crippen LogP contribution is -2.07. The van der Waals surface area contributed by atoms with Gasteiger partial charge in [-0.1, -0.05) is 54.4 Å². The van der Waals surface area contributed by atoms with E-state index in [-0.39, 0.29) is 12.5 Å². The average molecular weight is 389 g/mol. The largest absolute Gasteiger partial charge is 0.487 e. The third kappa shape index (κ3) is 3.96. The number of hydrogen-bond acceptors (Lipinski definition) is 3. The second-order valence-corrected chi connectivity index (χ2v) is 7.26. The highest BCUT2D eigenvalue weighted by Gasteiger charge is 2.16. The molecule has 0 spiro atoms. The third-order valence-electron chi connectivity index (χ3n) is 4.54. The number of ether oxygens (including phenoxy) is 1. The first-order valence-electron chi connectivity index (χ1n) is 8.67. The molecule has 5 heteroatoms. The highest BCUT2D eigenvalue weighted by Crippen LogP contribution is 2.35. The fourth-order valence-electron chi connectivity index (χ4n) is 3.02. The quantitative estimate of drug-likeness (QED) is 0.573. The summed E-state index contributed by atoms with van der Waals surface area (Å²) in [5, 5.41) is 2.29. The summed E-state index contributed by atoms with van der Waals surface area (Å²) in [5.41, 5.74) is 9.31. The molecular weight excluding hydrogens is 367 g/mol. The van der Waals surface area contributed by atoms with Gasteiger partial charge in [0, 0.05) is 21.7 Å². The van der Waals surface area contributed by atoms with Gasteiger partial charge in [-0.2, -0.15) is 0 Å². The topological polar surface area (TPSA) is 48.1 Å². The van der Waals surface area contributed by atoms with E-state index in [0.29, 0.717) is 16.6 Å². The van der Waals surface area contributed by atoms with Crippen LogP contribution in [-0.4, -0.2) is 11.5 Å². The molecule has 2 N–H and O–H groups in total. The molecule has 1 heterocycles. The van der Waals surface area contributed by atoms with Crippen molar-refractivity contribution in [2.24, 2.45) is 5.73 Å². The smallest absolute Gasteiger partial charge is 0.146 e. The minimum atomic E-state index is 0.269. The lowest BCUT2D eigenvalue weighted by atomic mass is 9.96. The van der Waals surface area contributed by atoms with Crippen LogP contribution in [0.4, 0.5) is 0 Å². The van der Waals surface area contributed by atoms with E-state index in [0.717, 1.165) is 39.9 Å². The zero-order chi connectivity index (χ0) is 18.7. The monoisotopic (exact) mass is 388 g/mol. The molecule has 0 radical (unpaired) electrons. The summed E-state index contributed by atoms with van der Waals surface area (Å²) in [6.45, 7) is 4.98. The standard InChI is InChI=1S/C21H22Cl2N2O/c1-13(10-11-24)16-8-9-18(22)17(20(16)23)12-26-19-5-3-4-15-7-6-14(2)25-21(15)19/h3-9,13H,10-12,24H2,1-2H3. The van der Waals surface area contributed by atoms with Crippen LogP contribution in [0.25, 0.3) is 10.9 Å². The Bertz CT molecular complexity index is 927. The molecule has 1 unspecified atom stereocenters. The molecule has 0 bridgehead atoms. The van der Waals surface area contributed by atoms with Crippen molar-refractivity contribution in [1.82, 2.24) is 4.98 Å². The molecule has 3 rings (SSSR count). The van der Waals surface area contributed by atoms with Gasteiger partial charge in [-0.3, -0.25) is 0 Å². The van der Waals surface area contributed by atoms with Crippen LogP contribution >= 0.6 is 23.2 Å². The van der Waals surface area contributed by atoms with Crippen molar-refractivity contribution in [2.45, 2.75) is 32.8 Å². The number of pyridine rings is 1. The van der Waals surface area contributed by atoms with Gasteiger partial charge < -0.3 is 10.5 Å². The van der Waals surface area contributed by atoms with E-state index < -0.39 is 0 Å². The van der Waals surface area contributed by atoms with Gasteiger partial charge >= 0.3 is 0 Å². The number of rotatable bonds is 6. The lowest BCUT2D eigenvalue weighted by Gasteiger charge is -2.17. The fraction of sp³-hybridized carbons (Fsp3) is 0.286. The molecule has 0 aliphatic carbocycles. The molecule has 0 aliphatic rings. The zero-order valence-electron chi connectivity index (χ0n) is 14.9. The van der Waals surface area contributed by atoms with Crippen molar-refractivity contribution >= 4 is 34.1 Å². The Morgan fingerprint density at radius 1 is 1.12 bits per heavy atom. The maximum absolute atomic E-state index is 6.63. The number of hydrogen-bond donors (Lipinski definition) is 1. The summed E-state index contributed by atoms with van der Waals surface area (Å²) in [7, 11) is 0. The first-order valence-corrected chi connectivity index (χ1v) is 9.43. The van der Waals surface area contributed by atoms with Gasteiger partial charge in [-0.25, -0.2) is 4.98 Å². The molecule has 3 aromatic rings. The first-order chi connectivity index (χ1) is 12.5. The Hall–Kier alpha value is -1.81. The molecule has 3 nitrogen and oxygen atoms in total. The van der Waals surface area contributed by atoms with Crippen LogP contribution in [0.5, 0.6) is 5.75 Å². The third-order valence-corrected chi connectivity index (χ3v) is 5.34. The second kappa shape index (κ2) is 8.26. The molecule has 0 saturated carbocycles. The average Bonchev–Trinajstić information content (AvgIpc) is 2.62. The van der Waals surface area contributed by atoms with E-state index in [1.807, 2.05) is 49.4 Å². The summed E-state index contributed by atoms with van der Waals surface area (Å²) in [4.78, 5) is 4.60. The molecule has 0 aliphatic heterocycles. The van der Waals surface area contributed by atoms with Gasteiger partial charge in [0.15, 0.2) is 0 Å². The summed E-state index contributed by atoms with van der Waals surface area (Å²) in [6, 6.07) is 13.8. The van der Waals surface area contributed by atoms with Crippen LogP contribution in [0.15, 0.2) is 42.5 Å². The summed E-state index contributed by atoms with van der Waals surface area (Å²) in [6.07, 6.45) is 0.869. The van der Waals surface area contributed by atoms with Crippen molar-refractivity contribution in [2.75, 3.05) is 6.54 Å². The molecule has 0 saturated heterocycles. The van der Waals surface area contributed by atoms with E-state index in [1.54, 1.807) is 0 Å². The Labute approximate surface area is 164 Å². The van der Waals surface area contributed by atoms with Gasteiger partial charge in [-0.05, 0) is 49.6 Å². The summed E-state index contributed by atoms with van der Waals surface area (Å²) < 4.78 is 6.06. The Balaban J connectivity index is 1.91. The number of nitrogens with two attached hydrogens (primary N) is 1.